The van der Waals surface area contributed by atoms with Gasteiger partial charge in [0, 0.05) is 18.0 Å². The first-order valence-corrected chi connectivity index (χ1v) is 7.85. The minimum absolute atomic E-state index is 0.0185. The first-order valence-electron chi connectivity index (χ1n) is 7.85. The number of hydrogen-bond acceptors (Lipinski definition) is 7. The highest BCUT2D eigenvalue weighted by Gasteiger charge is 2.17. The SMILES string of the molecule is C/C=C\C=C/C(C)c1nnc(-c2nc(-c3ccncc3)cnc2N)o1. The highest BCUT2D eigenvalue weighted by Crippen LogP contribution is 2.26. The van der Waals surface area contributed by atoms with Crippen molar-refractivity contribution in [3.8, 4) is 22.8 Å². The molecule has 0 bridgehead atoms. The van der Waals surface area contributed by atoms with Crippen molar-refractivity contribution in [3.63, 3.8) is 0 Å². The molecular weight excluding hydrogens is 316 g/mol. The summed E-state index contributed by atoms with van der Waals surface area (Å²) < 4.78 is 5.74. The topological polar surface area (TPSA) is 104 Å². The Kier molecular flexibility index (Phi) is 4.94. The van der Waals surface area contributed by atoms with Crippen LogP contribution in [0.15, 0.2) is 59.4 Å². The lowest BCUT2D eigenvalue weighted by molar-refractivity contribution is 0.493. The maximum absolute atomic E-state index is 5.95. The normalized spacial score (nSPS) is 12.9. The van der Waals surface area contributed by atoms with Crippen molar-refractivity contribution >= 4 is 5.82 Å². The van der Waals surface area contributed by atoms with Gasteiger partial charge in [0.15, 0.2) is 11.5 Å². The van der Waals surface area contributed by atoms with Gasteiger partial charge in [0.2, 0.25) is 5.89 Å². The van der Waals surface area contributed by atoms with E-state index in [-0.39, 0.29) is 17.6 Å². The number of nitrogens with two attached hydrogens (primary N) is 1. The van der Waals surface area contributed by atoms with Gasteiger partial charge in [0.25, 0.3) is 5.89 Å². The van der Waals surface area contributed by atoms with Crippen LogP contribution in [0.25, 0.3) is 22.8 Å². The predicted molar refractivity (Wildman–Crippen MR) is 95.3 cm³/mol. The quantitative estimate of drug-likeness (QED) is 0.713. The highest BCUT2D eigenvalue weighted by molar-refractivity contribution is 5.67. The van der Waals surface area contributed by atoms with E-state index in [1.165, 1.54) is 0 Å². The fourth-order valence-corrected chi connectivity index (χ4v) is 2.16. The monoisotopic (exact) mass is 334 g/mol. The zero-order valence-electron chi connectivity index (χ0n) is 14.0. The number of aromatic nitrogens is 5. The summed E-state index contributed by atoms with van der Waals surface area (Å²) >= 11 is 0. The second-order valence-corrected chi connectivity index (χ2v) is 5.37. The van der Waals surface area contributed by atoms with Crippen LogP contribution < -0.4 is 5.73 Å². The van der Waals surface area contributed by atoms with Gasteiger partial charge in [-0.2, -0.15) is 0 Å². The Hall–Kier alpha value is -3.35. The lowest BCUT2D eigenvalue weighted by Crippen LogP contribution is -1.99. The number of nitrogen functional groups attached to an aromatic ring is 1. The zero-order chi connectivity index (χ0) is 17.6. The Morgan fingerprint density at radius 3 is 2.72 bits per heavy atom. The molecule has 2 N–H and O–H groups in total. The summed E-state index contributed by atoms with van der Waals surface area (Å²) in [5.74, 6) is 0.966. The number of pyridine rings is 1. The van der Waals surface area contributed by atoms with E-state index in [2.05, 4.69) is 25.1 Å². The van der Waals surface area contributed by atoms with Gasteiger partial charge in [-0.05, 0) is 19.1 Å². The Labute approximate surface area is 145 Å². The highest BCUT2D eigenvalue weighted by atomic mass is 16.4. The van der Waals surface area contributed by atoms with Crippen molar-refractivity contribution in [1.29, 1.82) is 0 Å². The van der Waals surface area contributed by atoms with E-state index < -0.39 is 0 Å². The summed E-state index contributed by atoms with van der Waals surface area (Å²) in [4.78, 5) is 12.7. The minimum atomic E-state index is -0.0185. The van der Waals surface area contributed by atoms with Gasteiger partial charge in [0.05, 0.1) is 17.8 Å². The maximum atomic E-state index is 5.95. The summed E-state index contributed by atoms with van der Waals surface area (Å²) in [6.07, 6.45) is 12.8. The van der Waals surface area contributed by atoms with E-state index in [1.807, 2.05) is 50.3 Å². The molecule has 1 atom stereocenters. The number of anilines is 1. The second kappa shape index (κ2) is 7.48. The van der Waals surface area contributed by atoms with Crippen molar-refractivity contribution in [1.82, 2.24) is 25.1 Å². The van der Waals surface area contributed by atoms with E-state index in [4.69, 9.17) is 10.2 Å². The second-order valence-electron chi connectivity index (χ2n) is 5.37. The molecule has 0 spiro atoms. The van der Waals surface area contributed by atoms with Crippen LogP contribution in [0.1, 0.15) is 25.7 Å². The standard InChI is InChI=1S/C18H18N6O/c1-3-4-5-6-12(2)17-23-24-18(25-17)15-16(19)21-11-14(22-15)13-7-9-20-10-8-13/h3-12H,1-2H3,(H2,19,21)/b4-3-,6-5-. The van der Waals surface area contributed by atoms with E-state index in [0.29, 0.717) is 17.3 Å². The summed E-state index contributed by atoms with van der Waals surface area (Å²) in [7, 11) is 0. The van der Waals surface area contributed by atoms with Crippen molar-refractivity contribution in [3.05, 3.63) is 60.9 Å². The van der Waals surface area contributed by atoms with Gasteiger partial charge in [0.1, 0.15) is 0 Å². The molecule has 0 saturated carbocycles. The van der Waals surface area contributed by atoms with Crippen molar-refractivity contribution in [2.75, 3.05) is 5.73 Å². The molecule has 0 aromatic carbocycles. The zero-order valence-corrected chi connectivity index (χ0v) is 14.0. The molecular formula is C18H18N6O. The average molecular weight is 334 g/mol. The third-order valence-corrected chi connectivity index (χ3v) is 3.51. The molecule has 3 aromatic heterocycles. The molecule has 3 rings (SSSR count). The average Bonchev–Trinajstić information content (AvgIpc) is 3.13. The third kappa shape index (κ3) is 3.77. The lowest BCUT2D eigenvalue weighted by Gasteiger charge is -2.04. The maximum Gasteiger partial charge on any atom is 0.270 e. The molecule has 3 heterocycles. The molecule has 0 aliphatic heterocycles. The number of allylic oxidation sites excluding steroid dienone is 4. The van der Waals surface area contributed by atoms with E-state index in [9.17, 15) is 0 Å². The first-order chi connectivity index (χ1) is 12.2. The molecule has 126 valence electrons. The van der Waals surface area contributed by atoms with Crippen molar-refractivity contribution in [2.24, 2.45) is 0 Å². The molecule has 7 heteroatoms. The van der Waals surface area contributed by atoms with Crippen LogP contribution in [-0.4, -0.2) is 25.1 Å². The lowest BCUT2D eigenvalue weighted by atomic mass is 10.1. The Balaban J connectivity index is 1.92. The fraction of sp³-hybridized carbons (Fsp3) is 0.167. The molecule has 0 radical (unpaired) electrons. The molecule has 0 amide bonds. The Morgan fingerprint density at radius 1 is 1.16 bits per heavy atom. The number of hydrogen-bond donors (Lipinski definition) is 1. The van der Waals surface area contributed by atoms with Crippen molar-refractivity contribution < 1.29 is 4.42 Å². The molecule has 0 saturated heterocycles. The van der Waals surface area contributed by atoms with Crippen LogP contribution in [0, 0.1) is 0 Å². The molecule has 0 aliphatic rings. The smallest absolute Gasteiger partial charge is 0.270 e. The minimum Gasteiger partial charge on any atom is -0.419 e. The van der Waals surface area contributed by atoms with Crippen LogP contribution in [-0.2, 0) is 0 Å². The van der Waals surface area contributed by atoms with Crippen LogP contribution >= 0.6 is 0 Å². The Morgan fingerprint density at radius 2 is 1.96 bits per heavy atom. The summed E-state index contributed by atoms with van der Waals surface area (Å²) in [6.45, 7) is 3.93. The third-order valence-electron chi connectivity index (χ3n) is 3.51. The van der Waals surface area contributed by atoms with Crippen LogP contribution in [0.2, 0.25) is 0 Å². The van der Waals surface area contributed by atoms with Crippen molar-refractivity contribution in [2.45, 2.75) is 19.8 Å². The van der Waals surface area contributed by atoms with Crippen LogP contribution in [0.5, 0.6) is 0 Å². The number of rotatable bonds is 5. The van der Waals surface area contributed by atoms with Gasteiger partial charge in [-0.15, -0.1) is 10.2 Å². The number of nitrogens with zero attached hydrogens (tertiary/aromatic N) is 5. The molecule has 25 heavy (non-hydrogen) atoms. The summed E-state index contributed by atoms with van der Waals surface area (Å²) in [5, 5.41) is 8.16. The van der Waals surface area contributed by atoms with E-state index in [0.717, 1.165) is 5.56 Å². The Bertz CT molecular complexity index is 901. The fourth-order valence-electron chi connectivity index (χ4n) is 2.16. The van der Waals surface area contributed by atoms with Gasteiger partial charge in [-0.3, -0.25) is 4.98 Å². The molecule has 7 nitrogen and oxygen atoms in total. The van der Waals surface area contributed by atoms with Crippen LogP contribution in [0.3, 0.4) is 0 Å². The summed E-state index contributed by atoms with van der Waals surface area (Å²) in [5.41, 5.74) is 7.86. The van der Waals surface area contributed by atoms with E-state index in [1.54, 1.807) is 18.6 Å². The van der Waals surface area contributed by atoms with Gasteiger partial charge < -0.3 is 10.2 Å². The van der Waals surface area contributed by atoms with Gasteiger partial charge in [-0.25, -0.2) is 9.97 Å². The van der Waals surface area contributed by atoms with E-state index >= 15 is 0 Å². The summed E-state index contributed by atoms with van der Waals surface area (Å²) in [6, 6.07) is 3.69. The largest absolute Gasteiger partial charge is 0.419 e. The molecule has 3 aromatic rings. The molecule has 0 aliphatic carbocycles. The first kappa shape index (κ1) is 16.5. The molecule has 0 fully saturated rings. The van der Waals surface area contributed by atoms with Gasteiger partial charge >= 0.3 is 0 Å². The predicted octanol–water partition coefficient (Wildman–Crippen LogP) is 3.41. The van der Waals surface area contributed by atoms with Crippen LogP contribution in [0.4, 0.5) is 5.82 Å². The molecule has 1 unspecified atom stereocenters. The van der Waals surface area contributed by atoms with Gasteiger partial charge in [-0.1, -0.05) is 31.2 Å².